The van der Waals surface area contributed by atoms with Crippen molar-refractivity contribution in [2.24, 2.45) is 0 Å². The van der Waals surface area contributed by atoms with Crippen LogP contribution in [0.25, 0.3) is 22.2 Å². The average Bonchev–Trinajstić information content (AvgIpc) is 2.74. The third-order valence-corrected chi connectivity index (χ3v) is 5.40. The minimum atomic E-state index is -0.0802. The van der Waals surface area contributed by atoms with Crippen molar-refractivity contribution in [3.63, 3.8) is 0 Å². The molecule has 0 saturated carbocycles. The maximum absolute atomic E-state index is 13.3. The van der Waals surface area contributed by atoms with Gasteiger partial charge in [0, 0.05) is 36.4 Å². The SMILES string of the molecule is CCc1ncc(-c2nc3ccc(C)cc3c(C(=O)NC3CCCOC3)c2C)cn1. The molecule has 1 fully saturated rings. The number of pyridine rings is 1. The molecule has 0 aliphatic carbocycles. The van der Waals surface area contributed by atoms with E-state index in [1.165, 1.54) is 0 Å². The summed E-state index contributed by atoms with van der Waals surface area (Å²) in [5.74, 6) is 0.710. The van der Waals surface area contributed by atoms with Gasteiger partial charge in [0.15, 0.2) is 0 Å². The van der Waals surface area contributed by atoms with E-state index in [4.69, 9.17) is 9.72 Å². The Morgan fingerprint density at radius 1 is 1.24 bits per heavy atom. The molecule has 150 valence electrons. The van der Waals surface area contributed by atoms with Crippen molar-refractivity contribution in [2.45, 2.75) is 46.1 Å². The van der Waals surface area contributed by atoms with E-state index >= 15 is 0 Å². The average molecular weight is 390 g/mol. The first-order valence-electron chi connectivity index (χ1n) is 10.2. The van der Waals surface area contributed by atoms with Crippen LogP contribution in [-0.2, 0) is 11.2 Å². The summed E-state index contributed by atoms with van der Waals surface area (Å²) < 4.78 is 5.53. The molecule has 0 bridgehead atoms. The normalized spacial score (nSPS) is 16.7. The minimum Gasteiger partial charge on any atom is -0.379 e. The molecular weight excluding hydrogens is 364 g/mol. The third-order valence-electron chi connectivity index (χ3n) is 5.40. The van der Waals surface area contributed by atoms with E-state index in [2.05, 4.69) is 15.3 Å². The van der Waals surface area contributed by atoms with Crippen LogP contribution in [0.1, 0.15) is 47.1 Å². The maximum Gasteiger partial charge on any atom is 0.252 e. The molecule has 6 heteroatoms. The topological polar surface area (TPSA) is 77.0 Å². The molecule has 1 aliphatic heterocycles. The fraction of sp³-hybridized carbons (Fsp3) is 0.391. The molecule has 0 spiro atoms. The van der Waals surface area contributed by atoms with Crippen molar-refractivity contribution >= 4 is 16.8 Å². The quantitative estimate of drug-likeness (QED) is 0.734. The van der Waals surface area contributed by atoms with Gasteiger partial charge >= 0.3 is 0 Å². The molecule has 2 aromatic heterocycles. The second kappa shape index (κ2) is 8.25. The predicted molar refractivity (Wildman–Crippen MR) is 113 cm³/mol. The lowest BCUT2D eigenvalue weighted by Gasteiger charge is -2.24. The van der Waals surface area contributed by atoms with Gasteiger partial charge in [0.2, 0.25) is 0 Å². The molecule has 1 N–H and O–H groups in total. The van der Waals surface area contributed by atoms with Crippen LogP contribution < -0.4 is 5.32 Å². The van der Waals surface area contributed by atoms with Crippen LogP contribution in [0, 0.1) is 13.8 Å². The van der Waals surface area contributed by atoms with Crippen molar-refractivity contribution in [2.75, 3.05) is 13.2 Å². The summed E-state index contributed by atoms with van der Waals surface area (Å²) in [6, 6.07) is 6.05. The Morgan fingerprint density at radius 3 is 2.72 bits per heavy atom. The lowest BCUT2D eigenvalue weighted by atomic mass is 9.96. The Labute approximate surface area is 170 Å². The third kappa shape index (κ3) is 3.98. The standard InChI is InChI=1S/C23H26N4O2/c1-4-20-24-11-16(12-25-20)22-15(3)21(18-10-14(2)7-8-19(18)27-22)23(28)26-17-6-5-9-29-13-17/h7-8,10-12,17H,4-6,9,13H2,1-3H3,(H,26,28). The summed E-state index contributed by atoms with van der Waals surface area (Å²) in [5.41, 5.74) is 4.95. The fourth-order valence-electron chi connectivity index (χ4n) is 3.82. The van der Waals surface area contributed by atoms with Gasteiger partial charge in [-0.1, -0.05) is 18.6 Å². The van der Waals surface area contributed by atoms with E-state index in [-0.39, 0.29) is 11.9 Å². The molecule has 0 radical (unpaired) electrons. The fourth-order valence-corrected chi connectivity index (χ4v) is 3.82. The molecule has 3 aromatic rings. The number of carbonyl (C=O) groups excluding carboxylic acids is 1. The lowest BCUT2D eigenvalue weighted by molar-refractivity contribution is 0.0624. The molecule has 1 amide bonds. The van der Waals surface area contributed by atoms with Gasteiger partial charge in [0.25, 0.3) is 5.91 Å². The van der Waals surface area contributed by atoms with Crippen LogP contribution in [0.15, 0.2) is 30.6 Å². The summed E-state index contributed by atoms with van der Waals surface area (Å²) >= 11 is 0. The van der Waals surface area contributed by atoms with Crippen LogP contribution in [0.3, 0.4) is 0 Å². The van der Waals surface area contributed by atoms with Gasteiger partial charge in [0.1, 0.15) is 5.82 Å². The number of ether oxygens (including phenoxy) is 1. The van der Waals surface area contributed by atoms with Gasteiger partial charge in [-0.25, -0.2) is 15.0 Å². The molecule has 3 heterocycles. The largest absolute Gasteiger partial charge is 0.379 e. The van der Waals surface area contributed by atoms with Crippen molar-refractivity contribution in [3.8, 4) is 11.3 Å². The summed E-state index contributed by atoms with van der Waals surface area (Å²) in [6.07, 6.45) is 6.26. The summed E-state index contributed by atoms with van der Waals surface area (Å²) in [5, 5.41) is 4.03. The Morgan fingerprint density at radius 2 is 2.03 bits per heavy atom. The zero-order valence-corrected chi connectivity index (χ0v) is 17.2. The van der Waals surface area contributed by atoms with Gasteiger partial charge < -0.3 is 10.1 Å². The number of hydrogen-bond acceptors (Lipinski definition) is 5. The molecule has 1 atom stereocenters. The second-order valence-electron chi connectivity index (χ2n) is 7.61. The van der Waals surface area contributed by atoms with Gasteiger partial charge in [0.05, 0.1) is 29.4 Å². The highest BCUT2D eigenvalue weighted by Crippen LogP contribution is 2.30. The number of carbonyl (C=O) groups is 1. The van der Waals surface area contributed by atoms with Gasteiger partial charge in [-0.3, -0.25) is 4.79 Å². The molecule has 1 unspecified atom stereocenters. The number of nitrogens with one attached hydrogen (secondary N) is 1. The predicted octanol–water partition coefficient (Wildman–Crippen LogP) is 3.78. The first-order valence-corrected chi connectivity index (χ1v) is 10.2. The number of benzene rings is 1. The highest BCUT2D eigenvalue weighted by molar-refractivity contribution is 6.09. The number of amides is 1. The monoisotopic (exact) mass is 390 g/mol. The number of fused-ring (bicyclic) bond motifs is 1. The molecule has 1 aliphatic rings. The Bertz CT molecular complexity index is 1040. The van der Waals surface area contributed by atoms with E-state index in [0.717, 1.165) is 65.0 Å². The summed E-state index contributed by atoms with van der Waals surface area (Å²) in [4.78, 5) is 27.0. The van der Waals surface area contributed by atoms with E-state index < -0.39 is 0 Å². The number of aromatic nitrogens is 3. The lowest BCUT2D eigenvalue weighted by Crippen LogP contribution is -2.41. The van der Waals surface area contributed by atoms with Crippen molar-refractivity contribution in [1.29, 1.82) is 0 Å². The van der Waals surface area contributed by atoms with E-state index in [1.807, 2.05) is 39.0 Å². The van der Waals surface area contributed by atoms with Crippen molar-refractivity contribution in [3.05, 3.63) is 53.1 Å². The minimum absolute atomic E-state index is 0.0410. The van der Waals surface area contributed by atoms with Gasteiger partial charge in [-0.05, 0) is 44.4 Å². The van der Waals surface area contributed by atoms with Gasteiger partial charge in [-0.15, -0.1) is 0 Å². The molecule has 1 aromatic carbocycles. The molecule has 1 saturated heterocycles. The Kier molecular flexibility index (Phi) is 5.53. The van der Waals surface area contributed by atoms with Crippen LogP contribution in [0.4, 0.5) is 0 Å². The van der Waals surface area contributed by atoms with E-state index in [0.29, 0.717) is 12.2 Å². The van der Waals surface area contributed by atoms with Crippen LogP contribution in [0.5, 0.6) is 0 Å². The zero-order chi connectivity index (χ0) is 20.4. The molecular formula is C23H26N4O2. The second-order valence-corrected chi connectivity index (χ2v) is 7.61. The maximum atomic E-state index is 13.3. The van der Waals surface area contributed by atoms with Crippen molar-refractivity contribution in [1.82, 2.24) is 20.3 Å². The van der Waals surface area contributed by atoms with E-state index in [9.17, 15) is 4.79 Å². The van der Waals surface area contributed by atoms with Crippen LogP contribution in [-0.4, -0.2) is 40.1 Å². The highest BCUT2D eigenvalue weighted by Gasteiger charge is 2.23. The number of aryl methyl sites for hydroxylation is 2. The van der Waals surface area contributed by atoms with Crippen LogP contribution >= 0.6 is 0 Å². The zero-order valence-electron chi connectivity index (χ0n) is 17.2. The number of hydrogen-bond donors (Lipinski definition) is 1. The van der Waals surface area contributed by atoms with E-state index in [1.54, 1.807) is 12.4 Å². The number of rotatable bonds is 4. The Hall–Kier alpha value is -2.86. The molecule has 6 nitrogen and oxygen atoms in total. The smallest absolute Gasteiger partial charge is 0.252 e. The summed E-state index contributed by atoms with van der Waals surface area (Å²) in [7, 11) is 0. The first-order chi connectivity index (χ1) is 14.1. The Balaban J connectivity index is 1.82. The molecule has 29 heavy (non-hydrogen) atoms. The highest BCUT2D eigenvalue weighted by atomic mass is 16.5. The number of nitrogens with zero attached hydrogens (tertiary/aromatic N) is 3. The van der Waals surface area contributed by atoms with Crippen LogP contribution in [0.2, 0.25) is 0 Å². The first kappa shape index (κ1) is 19.5. The summed E-state index contributed by atoms with van der Waals surface area (Å²) in [6.45, 7) is 7.32. The van der Waals surface area contributed by atoms with Crippen molar-refractivity contribution < 1.29 is 9.53 Å². The molecule has 4 rings (SSSR count). The van der Waals surface area contributed by atoms with Gasteiger partial charge in [-0.2, -0.15) is 0 Å².